The number of carbonyl (C=O) groups excluding carboxylic acids is 1. The average molecular weight is 172 g/mol. The Morgan fingerprint density at radius 3 is 2.67 bits per heavy atom. The molecule has 1 aliphatic carbocycles. The SMILES string of the molecule is NNC(=O)CC(O)C1CCCC1. The molecule has 4 heteroatoms. The van der Waals surface area contributed by atoms with Gasteiger partial charge in [-0.2, -0.15) is 0 Å². The molecule has 1 rings (SSSR count). The molecular weight excluding hydrogens is 156 g/mol. The van der Waals surface area contributed by atoms with Gasteiger partial charge in [0.15, 0.2) is 0 Å². The third kappa shape index (κ3) is 2.46. The predicted octanol–water partition coefficient (Wildman–Crippen LogP) is -0.0825. The number of aliphatic hydroxyl groups excluding tert-OH is 1. The van der Waals surface area contributed by atoms with Crippen LogP contribution in [0.4, 0.5) is 0 Å². The van der Waals surface area contributed by atoms with E-state index in [0.717, 1.165) is 12.8 Å². The lowest BCUT2D eigenvalue weighted by Crippen LogP contribution is -2.34. The summed E-state index contributed by atoms with van der Waals surface area (Å²) in [5.41, 5.74) is 2.02. The summed E-state index contributed by atoms with van der Waals surface area (Å²) in [5, 5.41) is 9.53. The Bertz CT molecular complexity index is 155. The first-order chi connectivity index (χ1) is 5.74. The van der Waals surface area contributed by atoms with Crippen LogP contribution in [0.3, 0.4) is 0 Å². The van der Waals surface area contributed by atoms with Gasteiger partial charge in [0, 0.05) is 0 Å². The Balaban J connectivity index is 2.26. The van der Waals surface area contributed by atoms with Gasteiger partial charge in [0.1, 0.15) is 0 Å². The highest BCUT2D eigenvalue weighted by atomic mass is 16.3. The van der Waals surface area contributed by atoms with E-state index in [0.29, 0.717) is 5.92 Å². The molecule has 1 aliphatic rings. The van der Waals surface area contributed by atoms with E-state index in [2.05, 4.69) is 0 Å². The van der Waals surface area contributed by atoms with Crippen molar-refractivity contribution in [1.29, 1.82) is 0 Å². The van der Waals surface area contributed by atoms with Gasteiger partial charge in [-0.3, -0.25) is 10.2 Å². The zero-order valence-corrected chi connectivity index (χ0v) is 7.12. The number of nitrogens with one attached hydrogen (secondary N) is 1. The number of carbonyl (C=O) groups is 1. The van der Waals surface area contributed by atoms with E-state index in [1.807, 2.05) is 5.43 Å². The Morgan fingerprint density at radius 2 is 2.17 bits per heavy atom. The maximum Gasteiger partial charge on any atom is 0.236 e. The van der Waals surface area contributed by atoms with Crippen molar-refractivity contribution in [3.8, 4) is 0 Å². The largest absolute Gasteiger partial charge is 0.392 e. The number of rotatable bonds is 3. The third-order valence-electron chi connectivity index (χ3n) is 2.50. The summed E-state index contributed by atoms with van der Waals surface area (Å²) >= 11 is 0. The van der Waals surface area contributed by atoms with Gasteiger partial charge in [0.25, 0.3) is 0 Å². The fourth-order valence-electron chi connectivity index (χ4n) is 1.76. The topological polar surface area (TPSA) is 75.3 Å². The lowest BCUT2D eigenvalue weighted by molar-refractivity contribution is -0.123. The molecule has 0 aromatic rings. The summed E-state index contributed by atoms with van der Waals surface area (Å²) in [7, 11) is 0. The van der Waals surface area contributed by atoms with Crippen LogP contribution in [0.25, 0.3) is 0 Å². The zero-order chi connectivity index (χ0) is 8.97. The standard InChI is InChI=1S/C8H16N2O2/c9-10-8(12)5-7(11)6-3-1-2-4-6/h6-7,11H,1-5,9H2,(H,10,12). The minimum Gasteiger partial charge on any atom is -0.392 e. The zero-order valence-electron chi connectivity index (χ0n) is 7.12. The molecule has 0 aliphatic heterocycles. The second kappa shape index (κ2) is 4.42. The van der Waals surface area contributed by atoms with Crippen molar-refractivity contribution in [3.63, 3.8) is 0 Å². The van der Waals surface area contributed by atoms with E-state index < -0.39 is 6.10 Å². The number of amides is 1. The van der Waals surface area contributed by atoms with Gasteiger partial charge in [0.2, 0.25) is 5.91 Å². The van der Waals surface area contributed by atoms with Crippen molar-refractivity contribution in [2.24, 2.45) is 11.8 Å². The fourth-order valence-corrected chi connectivity index (χ4v) is 1.76. The van der Waals surface area contributed by atoms with Crippen LogP contribution < -0.4 is 11.3 Å². The molecule has 1 atom stereocenters. The third-order valence-corrected chi connectivity index (χ3v) is 2.50. The van der Waals surface area contributed by atoms with Gasteiger partial charge < -0.3 is 5.11 Å². The first kappa shape index (κ1) is 9.48. The molecule has 4 nitrogen and oxygen atoms in total. The number of hydrazine groups is 1. The minimum absolute atomic E-state index is 0.140. The molecule has 0 aromatic heterocycles. The molecule has 0 radical (unpaired) electrons. The second-order valence-corrected chi connectivity index (χ2v) is 3.38. The number of aliphatic hydroxyl groups is 1. The highest BCUT2D eigenvalue weighted by Gasteiger charge is 2.24. The molecule has 0 spiro atoms. The second-order valence-electron chi connectivity index (χ2n) is 3.38. The molecule has 0 aromatic carbocycles. The summed E-state index contributed by atoms with van der Waals surface area (Å²) in [6, 6.07) is 0. The summed E-state index contributed by atoms with van der Waals surface area (Å²) in [4.78, 5) is 10.8. The highest BCUT2D eigenvalue weighted by molar-refractivity contribution is 5.75. The molecule has 1 unspecified atom stereocenters. The van der Waals surface area contributed by atoms with Crippen LogP contribution in [0.2, 0.25) is 0 Å². The van der Waals surface area contributed by atoms with Crippen LogP contribution >= 0.6 is 0 Å². The first-order valence-corrected chi connectivity index (χ1v) is 4.41. The van der Waals surface area contributed by atoms with Gasteiger partial charge in [-0.15, -0.1) is 0 Å². The van der Waals surface area contributed by atoms with Gasteiger partial charge in [-0.25, -0.2) is 5.84 Å². The Hall–Kier alpha value is -0.610. The molecule has 70 valence electrons. The van der Waals surface area contributed by atoms with Gasteiger partial charge in [-0.1, -0.05) is 12.8 Å². The van der Waals surface area contributed by atoms with Crippen molar-refractivity contribution in [1.82, 2.24) is 5.43 Å². The molecule has 0 heterocycles. The van der Waals surface area contributed by atoms with Crippen molar-refractivity contribution < 1.29 is 9.90 Å². The van der Waals surface area contributed by atoms with Gasteiger partial charge in [-0.05, 0) is 18.8 Å². The van der Waals surface area contributed by atoms with Crippen molar-refractivity contribution in [2.75, 3.05) is 0 Å². The lowest BCUT2D eigenvalue weighted by atomic mass is 9.98. The van der Waals surface area contributed by atoms with Crippen LogP contribution in [0, 0.1) is 5.92 Å². The van der Waals surface area contributed by atoms with E-state index in [1.165, 1.54) is 12.8 Å². The van der Waals surface area contributed by atoms with Gasteiger partial charge in [0.05, 0.1) is 12.5 Å². The van der Waals surface area contributed by atoms with E-state index in [4.69, 9.17) is 5.84 Å². The molecule has 0 bridgehead atoms. The fraction of sp³-hybridized carbons (Fsp3) is 0.875. The average Bonchev–Trinajstić information content (AvgIpc) is 2.56. The number of hydrogen-bond donors (Lipinski definition) is 3. The van der Waals surface area contributed by atoms with Crippen molar-refractivity contribution in [2.45, 2.75) is 38.2 Å². The maximum atomic E-state index is 10.8. The van der Waals surface area contributed by atoms with Crippen LogP contribution in [0.5, 0.6) is 0 Å². The van der Waals surface area contributed by atoms with E-state index in [-0.39, 0.29) is 12.3 Å². The highest BCUT2D eigenvalue weighted by Crippen LogP contribution is 2.28. The predicted molar refractivity (Wildman–Crippen MR) is 44.9 cm³/mol. The Morgan fingerprint density at radius 1 is 1.58 bits per heavy atom. The number of nitrogens with two attached hydrogens (primary N) is 1. The molecule has 1 amide bonds. The molecule has 1 fully saturated rings. The minimum atomic E-state index is -0.504. The van der Waals surface area contributed by atoms with E-state index in [1.54, 1.807) is 0 Å². The summed E-state index contributed by atoms with van der Waals surface area (Å²) in [6.45, 7) is 0. The van der Waals surface area contributed by atoms with Crippen LogP contribution in [0.1, 0.15) is 32.1 Å². The first-order valence-electron chi connectivity index (χ1n) is 4.41. The van der Waals surface area contributed by atoms with Crippen molar-refractivity contribution in [3.05, 3.63) is 0 Å². The molecule has 12 heavy (non-hydrogen) atoms. The molecule has 1 saturated carbocycles. The van der Waals surface area contributed by atoms with Crippen LogP contribution in [-0.4, -0.2) is 17.1 Å². The summed E-state index contributed by atoms with van der Waals surface area (Å²) in [6.07, 6.45) is 4.06. The maximum absolute atomic E-state index is 10.8. The number of hydrogen-bond acceptors (Lipinski definition) is 3. The van der Waals surface area contributed by atoms with Crippen LogP contribution in [-0.2, 0) is 4.79 Å². The van der Waals surface area contributed by atoms with E-state index >= 15 is 0 Å². The Labute approximate surface area is 72.1 Å². The normalized spacial score (nSPS) is 20.8. The monoisotopic (exact) mass is 172 g/mol. The van der Waals surface area contributed by atoms with Crippen molar-refractivity contribution >= 4 is 5.91 Å². The Kier molecular flexibility index (Phi) is 3.49. The quantitative estimate of drug-likeness (QED) is 0.316. The van der Waals surface area contributed by atoms with E-state index in [9.17, 15) is 9.90 Å². The summed E-state index contributed by atoms with van der Waals surface area (Å²) < 4.78 is 0. The van der Waals surface area contributed by atoms with Crippen LogP contribution in [0.15, 0.2) is 0 Å². The smallest absolute Gasteiger partial charge is 0.236 e. The van der Waals surface area contributed by atoms with Gasteiger partial charge >= 0.3 is 0 Å². The molecule has 0 saturated heterocycles. The lowest BCUT2D eigenvalue weighted by Gasteiger charge is -2.15. The summed E-state index contributed by atoms with van der Waals surface area (Å²) in [5.74, 6) is 4.93. The molecular formula is C8H16N2O2. The molecule has 4 N–H and O–H groups in total.